The van der Waals surface area contributed by atoms with Crippen LogP contribution in [0.2, 0.25) is 0 Å². The molecule has 10 heteroatoms. The molecular formula is C7H6N4O6. The van der Waals surface area contributed by atoms with Gasteiger partial charge in [-0.15, -0.1) is 0 Å². The Labute approximate surface area is 93.5 Å². The number of hydrogen-bond donors (Lipinski definition) is 0. The van der Waals surface area contributed by atoms with E-state index in [9.17, 15) is 30.3 Å². The number of anilines is 1. The monoisotopic (exact) mass is 242 g/mol. The van der Waals surface area contributed by atoms with Crippen molar-refractivity contribution in [3.63, 3.8) is 0 Å². The summed E-state index contributed by atoms with van der Waals surface area (Å²) in [7, 11) is 1.03. The maximum absolute atomic E-state index is 10.5. The van der Waals surface area contributed by atoms with E-state index >= 15 is 0 Å². The van der Waals surface area contributed by atoms with Gasteiger partial charge in [0.1, 0.15) is 5.69 Å². The number of benzene rings is 1. The quantitative estimate of drug-likeness (QED) is 0.570. The molecule has 0 spiro atoms. The largest absolute Gasteiger partial charge is 0.278 e. The molecule has 0 aliphatic rings. The molecule has 0 unspecified atom stereocenters. The van der Waals surface area contributed by atoms with Crippen LogP contribution in [0.4, 0.5) is 17.1 Å². The molecular weight excluding hydrogens is 236 g/mol. The first-order valence-electron chi connectivity index (χ1n) is 4.15. The first-order chi connectivity index (χ1) is 7.82. The van der Waals surface area contributed by atoms with Crippen molar-refractivity contribution < 1.29 is 14.9 Å². The zero-order valence-corrected chi connectivity index (χ0v) is 8.47. The van der Waals surface area contributed by atoms with E-state index in [-0.39, 0.29) is 5.69 Å². The normalized spacial score (nSPS) is 9.71. The minimum Gasteiger partial charge on any atom is -0.258 e. The second-order valence-electron chi connectivity index (χ2n) is 2.98. The summed E-state index contributed by atoms with van der Waals surface area (Å²) in [6, 6.07) is 2.50. The highest BCUT2D eigenvalue weighted by Crippen LogP contribution is 2.27. The van der Waals surface area contributed by atoms with Crippen LogP contribution in [0, 0.1) is 30.3 Å². The minimum atomic E-state index is -0.857. The Hall–Kier alpha value is -2.78. The topological polar surface area (TPSA) is 133 Å². The van der Waals surface area contributed by atoms with E-state index in [4.69, 9.17) is 0 Å². The lowest BCUT2D eigenvalue weighted by molar-refractivity contribution is -0.490. The van der Waals surface area contributed by atoms with Crippen molar-refractivity contribution in [2.75, 3.05) is 12.1 Å². The molecule has 90 valence electrons. The molecule has 17 heavy (non-hydrogen) atoms. The molecule has 0 heterocycles. The van der Waals surface area contributed by atoms with E-state index in [2.05, 4.69) is 0 Å². The third-order valence-electron chi connectivity index (χ3n) is 1.93. The molecule has 1 rings (SSSR count). The number of rotatable bonds is 4. The summed E-state index contributed by atoms with van der Waals surface area (Å²) in [4.78, 5) is 29.8. The predicted molar refractivity (Wildman–Crippen MR) is 55.1 cm³/mol. The molecule has 0 aromatic heterocycles. The van der Waals surface area contributed by atoms with Crippen LogP contribution < -0.4 is 5.01 Å². The van der Waals surface area contributed by atoms with Crippen molar-refractivity contribution in [3.8, 4) is 0 Å². The van der Waals surface area contributed by atoms with Gasteiger partial charge in [0.25, 0.3) is 11.4 Å². The van der Waals surface area contributed by atoms with Crippen molar-refractivity contribution in [2.45, 2.75) is 0 Å². The lowest BCUT2D eigenvalue weighted by Crippen LogP contribution is -2.24. The fraction of sp³-hybridized carbons (Fsp3) is 0.143. The molecule has 0 N–H and O–H groups in total. The molecule has 1 aromatic rings. The number of hydrogen-bond acceptors (Lipinski definition) is 6. The van der Waals surface area contributed by atoms with E-state index < -0.39 is 26.3 Å². The second-order valence-corrected chi connectivity index (χ2v) is 2.98. The number of nitro groups is 3. The molecule has 0 aliphatic carbocycles. The zero-order valence-electron chi connectivity index (χ0n) is 8.47. The molecule has 0 amide bonds. The summed E-state index contributed by atoms with van der Waals surface area (Å²) in [5.74, 6) is 0. The minimum absolute atomic E-state index is 0.240. The van der Waals surface area contributed by atoms with Crippen LogP contribution >= 0.6 is 0 Å². The number of nitro benzene ring substituents is 2. The SMILES string of the molecule is CN(c1cc([N+](=O)[O-])cc([N+](=O)[O-])c1)[N+](=O)[O-]. The lowest BCUT2D eigenvalue weighted by atomic mass is 10.2. The Kier molecular flexibility index (Phi) is 3.17. The predicted octanol–water partition coefficient (Wildman–Crippen LogP) is 1.13. The molecule has 0 aliphatic heterocycles. The number of hydrazine groups is 1. The average molecular weight is 242 g/mol. The van der Waals surface area contributed by atoms with Crippen LogP contribution in [0.1, 0.15) is 0 Å². The third kappa shape index (κ3) is 2.62. The van der Waals surface area contributed by atoms with Crippen LogP contribution in [0.3, 0.4) is 0 Å². The van der Waals surface area contributed by atoms with Gasteiger partial charge in [-0.2, -0.15) is 0 Å². The summed E-state index contributed by atoms with van der Waals surface area (Å²) < 4.78 is 0. The number of nitrogens with zero attached hydrogens (tertiary/aromatic N) is 4. The van der Waals surface area contributed by atoms with E-state index in [1.54, 1.807) is 0 Å². The van der Waals surface area contributed by atoms with Crippen molar-refractivity contribution >= 4 is 17.1 Å². The highest BCUT2D eigenvalue weighted by atomic mass is 16.7. The van der Waals surface area contributed by atoms with E-state index in [0.717, 1.165) is 25.2 Å². The Balaban J connectivity index is 3.36. The van der Waals surface area contributed by atoms with E-state index in [1.165, 1.54) is 0 Å². The molecule has 1 aromatic carbocycles. The number of non-ortho nitro benzene ring substituents is 2. The molecule has 0 saturated heterocycles. The van der Waals surface area contributed by atoms with Crippen molar-refractivity contribution in [1.82, 2.24) is 0 Å². The second kappa shape index (κ2) is 4.38. The summed E-state index contributed by atoms with van der Waals surface area (Å²) in [5, 5.41) is 31.1. The third-order valence-corrected chi connectivity index (χ3v) is 1.93. The summed E-state index contributed by atoms with van der Waals surface area (Å²) in [6.45, 7) is 0. The van der Waals surface area contributed by atoms with Crippen LogP contribution in [0.5, 0.6) is 0 Å². The fourth-order valence-electron chi connectivity index (χ4n) is 1.07. The molecule has 0 atom stereocenters. The smallest absolute Gasteiger partial charge is 0.258 e. The Bertz CT molecular complexity index is 469. The van der Waals surface area contributed by atoms with Gasteiger partial charge in [0.2, 0.25) is 0 Å². The van der Waals surface area contributed by atoms with Gasteiger partial charge < -0.3 is 0 Å². The first-order valence-corrected chi connectivity index (χ1v) is 4.15. The zero-order chi connectivity index (χ0) is 13.2. The maximum Gasteiger partial charge on any atom is 0.278 e. The molecule has 0 bridgehead atoms. The van der Waals surface area contributed by atoms with Gasteiger partial charge in [0, 0.05) is 12.1 Å². The Morgan fingerprint density at radius 2 is 1.35 bits per heavy atom. The lowest BCUT2D eigenvalue weighted by Gasteiger charge is -2.07. The Morgan fingerprint density at radius 1 is 0.941 bits per heavy atom. The first kappa shape index (κ1) is 12.3. The van der Waals surface area contributed by atoms with Gasteiger partial charge >= 0.3 is 0 Å². The van der Waals surface area contributed by atoms with Gasteiger partial charge in [-0.05, 0) is 0 Å². The molecule has 0 radical (unpaired) electrons. The van der Waals surface area contributed by atoms with Crippen LogP contribution in [0.15, 0.2) is 18.2 Å². The van der Waals surface area contributed by atoms with Crippen molar-refractivity contribution in [1.29, 1.82) is 0 Å². The van der Waals surface area contributed by atoms with Crippen LogP contribution in [-0.2, 0) is 0 Å². The summed E-state index contributed by atoms with van der Waals surface area (Å²) >= 11 is 0. The highest BCUT2D eigenvalue weighted by Gasteiger charge is 2.21. The Morgan fingerprint density at radius 3 is 1.65 bits per heavy atom. The molecule has 0 fully saturated rings. The van der Waals surface area contributed by atoms with E-state index in [0.29, 0.717) is 5.01 Å². The fourth-order valence-corrected chi connectivity index (χ4v) is 1.07. The van der Waals surface area contributed by atoms with Gasteiger partial charge in [-0.3, -0.25) is 20.2 Å². The van der Waals surface area contributed by atoms with Gasteiger partial charge in [-0.25, -0.2) is 10.1 Å². The summed E-state index contributed by atoms with van der Waals surface area (Å²) in [6.07, 6.45) is 0. The standard InChI is InChI=1S/C7H6N4O6/c1-8(11(16)17)5-2-6(9(12)13)4-7(3-5)10(14)15/h2-4H,1H3. The summed E-state index contributed by atoms with van der Waals surface area (Å²) in [5.41, 5.74) is -1.40. The van der Waals surface area contributed by atoms with Gasteiger partial charge in [0.05, 0.1) is 23.0 Å². The van der Waals surface area contributed by atoms with Crippen LogP contribution in [-0.4, -0.2) is 21.9 Å². The van der Waals surface area contributed by atoms with Crippen molar-refractivity contribution in [2.24, 2.45) is 0 Å². The van der Waals surface area contributed by atoms with Crippen LogP contribution in [0.25, 0.3) is 0 Å². The van der Waals surface area contributed by atoms with Crippen molar-refractivity contribution in [3.05, 3.63) is 48.5 Å². The molecule has 0 saturated carbocycles. The average Bonchev–Trinajstić information content (AvgIpc) is 2.27. The van der Waals surface area contributed by atoms with Gasteiger partial charge in [0.15, 0.2) is 5.03 Å². The van der Waals surface area contributed by atoms with E-state index in [1.807, 2.05) is 0 Å². The maximum atomic E-state index is 10.5. The molecule has 10 nitrogen and oxygen atoms in total. The van der Waals surface area contributed by atoms with Gasteiger partial charge in [-0.1, -0.05) is 5.01 Å². The highest BCUT2D eigenvalue weighted by molar-refractivity contribution is 5.58.